The molecule has 1 N–H and O–H groups in total. The van der Waals surface area contributed by atoms with E-state index >= 15 is 0 Å². The quantitative estimate of drug-likeness (QED) is 0.825. The fraction of sp³-hybridized carbons (Fsp3) is 0.364. The molecule has 1 aromatic rings. The largest absolute Gasteiger partial charge is 0.479 e. The highest BCUT2D eigenvalue weighted by atomic mass is 35.5. The second-order valence-corrected chi connectivity index (χ2v) is 4.65. The maximum absolute atomic E-state index is 10.9. The van der Waals surface area contributed by atoms with E-state index in [4.69, 9.17) is 44.6 Å². The molecule has 0 amide bonds. The van der Waals surface area contributed by atoms with Gasteiger partial charge in [0, 0.05) is 6.07 Å². The fourth-order valence-electron chi connectivity index (χ4n) is 1.24. The summed E-state index contributed by atoms with van der Waals surface area (Å²) < 4.78 is 5.31. The van der Waals surface area contributed by atoms with Gasteiger partial charge in [0.15, 0.2) is 6.10 Å². The predicted octanol–water partition coefficient (Wildman–Crippen LogP) is 4.28. The van der Waals surface area contributed by atoms with Crippen molar-refractivity contribution < 1.29 is 14.6 Å². The van der Waals surface area contributed by atoms with E-state index in [2.05, 4.69) is 0 Å². The Hall–Kier alpha value is -0.640. The molecule has 0 heterocycles. The van der Waals surface area contributed by atoms with Crippen LogP contribution in [0.25, 0.3) is 0 Å². The van der Waals surface area contributed by atoms with Gasteiger partial charge in [0.2, 0.25) is 0 Å². The molecule has 0 aromatic heterocycles. The maximum atomic E-state index is 10.9. The minimum absolute atomic E-state index is 0.224. The van der Waals surface area contributed by atoms with Crippen LogP contribution in [0.3, 0.4) is 0 Å². The lowest BCUT2D eigenvalue weighted by Gasteiger charge is -2.15. The lowest BCUT2D eigenvalue weighted by molar-refractivity contribution is -0.145. The van der Waals surface area contributed by atoms with E-state index in [0.29, 0.717) is 17.9 Å². The van der Waals surface area contributed by atoms with Crippen molar-refractivity contribution in [1.82, 2.24) is 0 Å². The van der Waals surface area contributed by atoms with E-state index in [0.717, 1.165) is 0 Å². The van der Waals surface area contributed by atoms with Crippen molar-refractivity contribution in [3.63, 3.8) is 0 Å². The molecule has 1 rings (SSSR count). The van der Waals surface area contributed by atoms with E-state index < -0.39 is 12.1 Å². The van der Waals surface area contributed by atoms with Crippen LogP contribution in [0.2, 0.25) is 15.1 Å². The van der Waals surface area contributed by atoms with Gasteiger partial charge in [0.25, 0.3) is 0 Å². The highest BCUT2D eigenvalue weighted by Crippen LogP contribution is 2.34. The van der Waals surface area contributed by atoms with Gasteiger partial charge in [-0.25, -0.2) is 4.79 Å². The van der Waals surface area contributed by atoms with Gasteiger partial charge in [0.1, 0.15) is 5.75 Å². The smallest absolute Gasteiger partial charge is 0.344 e. The molecule has 0 bridgehead atoms. The molecule has 0 saturated heterocycles. The summed E-state index contributed by atoms with van der Waals surface area (Å²) in [6.45, 7) is 1.87. The summed E-state index contributed by atoms with van der Waals surface area (Å²) in [5.74, 6) is -0.809. The lowest BCUT2D eigenvalue weighted by atomic mass is 10.2. The minimum Gasteiger partial charge on any atom is -0.479 e. The highest BCUT2D eigenvalue weighted by molar-refractivity contribution is 6.43. The molecule has 1 atom stereocenters. The van der Waals surface area contributed by atoms with Gasteiger partial charge in [-0.2, -0.15) is 0 Å². The number of rotatable bonds is 5. The van der Waals surface area contributed by atoms with Crippen LogP contribution >= 0.6 is 34.8 Å². The summed E-state index contributed by atoms with van der Waals surface area (Å²) in [5, 5.41) is 9.76. The van der Waals surface area contributed by atoms with E-state index in [1.54, 1.807) is 0 Å². The van der Waals surface area contributed by atoms with Crippen molar-refractivity contribution in [3.8, 4) is 5.75 Å². The molecule has 94 valence electrons. The third-order valence-electron chi connectivity index (χ3n) is 2.07. The molecule has 0 aliphatic heterocycles. The Morgan fingerprint density at radius 3 is 2.41 bits per heavy atom. The second-order valence-electron chi connectivity index (χ2n) is 3.43. The number of carbonyl (C=O) groups is 1. The normalized spacial score (nSPS) is 12.2. The average molecular weight is 298 g/mol. The molecule has 1 aromatic carbocycles. The van der Waals surface area contributed by atoms with E-state index in [1.807, 2.05) is 6.92 Å². The number of hydrogen-bond acceptors (Lipinski definition) is 2. The number of carboxylic acid groups (broad SMARTS) is 1. The zero-order chi connectivity index (χ0) is 13.0. The van der Waals surface area contributed by atoms with Gasteiger partial charge in [-0.15, -0.1) is 0 Å². The third kappa shape index (κ3) is 3.95. The second kappa shape index (κ2) is 6.34. The van der Waals surface area contributed by atoms with Gasteiger partial charge >= 0.3 is 5.97 Å². The Kier molecular flexibility index (Phi) is 5.37. The summed E-state index contributed by atoms with van der Waals surface area (Å²) in [6, 6.07) is 2.84. The zero-order valence-electron chi connectivity index (χ0n) is 9.04. The first kappa shape index (κ1) is 14.4. The standard InChI is InChI=1S/C11H11Cl3O3/c1-2-3-9(11(15)16)17-10-5-7(13)6(12)4-8(10)14/h4-5,9H,2-3H2,1H3,(H,15,16). The molecule has 3 nitrogen and oxygen atoms in total. The van der Waals surface area contributed by atoms with Crippen LogP contribution in [0.15, 0.2) is 12.1 Å². The number of ether oxygens (including phenoxy) is 1. The summed E-state index contributed by atoms with van der Waals surface area (Å²) in [7, 11) is 0. The first-order valence-electron chi connectivity index (χ1n) is 4.99. The van der Waals surface area contributed by atoms with Crippen molar-refractivity contribution >= 4 is 40.8 Å². The summed E-state index contributed by atoms with van der Waals surface area (Å²) in [5.41, 5.74) is 0. The Morgan fingerprint density at radius 2 is 1.88 bits per heavy atom. The van der Waals surface area contributed by atoms with Crippen LogP contribution in [-0.2, 0) is 4.79 Å². The molecule has 0 aliphatic carbocycles. The topological polar surface area (TPSA) is 46.5 Å². The van der Waals surface area contributed by atoms with Crippen molar-refractivity contribution in [1.29, 1.82) is 0 Å². The summed E-state index contributed by atoms with van der Waals surface area (Å²) >= 11 is 17.5. The molecule has 0 radical (unpaired) electrons. The van der Waals surface area contributed by atoms with Crippen LogP contribution in [0, 0.1) is 0 Å². The van der Waals surface area contributed by atoms with Crippen LogP contribution < -0.4 is 4.74 Å². The van der Waals surface area contributed by atoms with Gasteiger partial charge in [-0.3, -0.25) is 0 Å². The number of hydrogen-bond donors (Lipinski definition) is 1. The molecular formula is C11H11Cl3O3. The molecule has 6 heteroatoms. The first-order valence-corrected chi connectivity index (χ1v) is 6.13. The minimum atomic E-state index is -1.03. The molecule has 0 saturated carbocycles. The van der Waals surface area contributed by atoms with Crippen molar-refractivity contribution in [2.75, 3.05) is 0 Å². The average Bonchev–Trinajstić information content (AvgIpc) is 2.24. The molecule has 17 heavy (non-hydrogen) atoms. The highest BCUT2D eigenvalue weighted by Gasteiger charge is 2.20. The number of aliphatic carboxylic acids is 1. The van der Waals surface area contributed by atoms with Gasteiger partial charge < -0.3 is 9.84 Å². The Balaban J connectivity index is 2.93. The Labute approximate surface area is 114 Å². The monoisotopic (exact) mass is 296 g/mol. The van der Waals surface area contributed by atoms with Crippen LogP contribution in [-0.4, -0.2) is 17.2 Å². The molecule has 0 aliphatic rings. The molecule has 0 spiro atoms. The van der Waals surface area contributed by atoms with Crippen LogP contribution in [0.5, 0.6) is 5.75 Å². The number of halogens is 3. The number of carboxylic acids is 1. The Bertz CT molecular complexity index is 421. The zero-order valence-corrected chi connectivity index (χ0v) is 11.3. The first-order chi connectivity index (χ1) is 7.95. The van der Waals surface area contributed by atoms with E-state index in [1.165, 1.54) is 12.1 Å². The van der Waals surface area contributed by atoms with E-state index in [-0.39, 0.29) is 15.8 Å². The third-order valence-corrected chi connectivity index (χ3v) is 3.09. The summed E-state index contributed by atoms with van der Waals surface area (Å²) in [6.07, 6.45) is 0.150. The van der Waals surface area contributed by atoms with Crippen LogP contribution in [0.4, 0.5) is 0 Å². The fourth-order valence-corrected chi connectivity index (χ4v) is 1.82. The van der Waals surface area contributed by atoms with Gasteiger partial charge in [-0.1, -0.05) is 48.1 Å². The van der Waals surface area contributed by atoms with Crippen LogP contribution in [0.1, 0.15) is 19.8 Å². The van der Waals surface area contributed by atoms with Crippen molar-refractivity contribution in [2.45, 2.75) is 25.9 Å². The molecule has 0 fully saturated rings. The maximum Gasteiger partial charge on any atom is 0.344 e. The number of benzene rings is 1. The van der Waals surface area contributed by atoms with Crippen molar-refractivity contribution in [3.05, 3.63) is 27.2 Å². The predicted molar refractivity (Wildman–Crippen MR) is 68.4 cm³/mol. The summed E-state index contributed by atoms with van der Waals surface area (Å²) in [4.78, 5) is 10.9. The van der Waals surface area contributed by atoms with Crippen molar-refractivity contribution in [2.24, 2.45) is 0 Å². The molecular weight excluding hydrogens is 286 g/mol. The Morgan fingerprint density at radius 1 is 1.29 bits per heavy atom. The van der Waals surface area contributed by atoms with E-state index in [9.17, 15) is 4.79 Å². The lowest BCUT2D eigenvalue weighted by Crippen LogP contribution is -2.26. The SMILES string of the molecule is CCCC(Oc1cc(Cl)c(Cl)cc1Cl)C(=O)O. The van der Waals surface area contributed by atoms with Gasteiger partial charge in [-0.05, 0) is 12.5 Å². The van der Waals surface area contributed by atoms with Gasteiger partial charge in [0.05, 0.1) is 15.1 Å². The molecule has 1 unspecified atom stereocenters.